The molecule has 0 amide bonds. The molecule has 1 aliphatic carbocycles. The van der Waals surface area contributed by atoms with Crippen LogP contribution in [0.5, 0.6) is 0 Å². The molecule has 3 aliphatic rings. The highest BCUT2D eigenvalue weighted by atomic mass is 35.5. The molecule has 0 N–H and O–H groups in total. The van der Waals surface area contributed by atoms with Gasteiger partial charge in [0.05, 0.1) is 23.0 Å². The van der Waals surface area contributed by atoms with Crippen LogP contribution in [0.3, 0.4) is 0 Å². The normalized spacial score (nSPS) is 23.2. The first-order chi connectivity index (χ1) is 14.8. The van der Waals surface area contributed by atoms with Crippen molar-refractivity contribution in [3.63, 3.8) is 0 Å². The standard InChI is InChI=1S/C20H17ClF4N6/c21-17-12(2-1-3-14(17)20(23,24)25)8-30-10-16-28-29-19(18-26-6-13(22)7-27-18)31(16)9-15(30)11-4-5-11/h1-3,6-7,10-11,15,19H,4-5,8-9H2. The summed E-state index contributed by atoms with van der Waals surface area (Å²) < 4.78 is 52.9. The van der Waals surface area contributed by atoms with E-state index in [4.69, 9.17) is 11.6 Å². The third-order valence-corrected chi connectivity index (χ3v) is 6.17. The zero-order valence-electron chi connectivity index (χ0n) is 16.1. The van der Waals surface area contributed by atoms with Gasteiger partial charge in [-0.1, -0.05) is 23.7 Å². The number of fused-ring (bicyclic) bond motifs is 1. The van der Waals surface area contributed by atoms with E-state index < -0.39 is 23.7 Å². The van der Waals surface area contributed by atoms with E-state index in [0.29, 0.717) is 29.7 Å². The molecule has 1 saturated carbocycles. The maximum absolute atomic E-state index is 13.2. The van der Waals surface area contributed by atoms with Crippen LogP contribution in [0.1, 0.15) is 36.0 Å². The van der Waals surface area contributed by atoms with Crippen molar-refractivity contribution in [2.24, 2.45) is 16.1 Å². The Morgan fingerprint density at radius 2 is 1.87 bits per heavy atom. The van der Waals surface area contributed by atoms with Gasteiger partial charge in [-0.05, 0) is 30.4 Å². The Morgan fingerprint density at radius 1 is 1.13 bits per heavy atom. The van der Waals surface area contributed by atoms with Gasteiger partial charge in [0.2, 0.25) is 6.17 Å². The summed E-state index contributed by atoms with van der Waals surface area (Å²) in [7, 11) is 0. The van der Waals surface area contributed by atoms with E-state index in [9.17, 15) is 17.6 Å². The van der Waals surface area contributed by atoms with Gasteiger partial charge in [0.15, 0.2) is 17.5 Å². The molecule has 3 heterocycles. The van der Waals surface area contributed by atoms with E-state index in [1.807, 2.05) is 9.80 Å². The highest BCUT2D eigenvalue weighted by molar-refractivity contribution is 6.32. The number of nitrogens with zero attached hydrogens (tertiary/aromatic N) is 6. The van der Waals surface area contributed by atoms with E-state index in [2.05, 4.69) is 20.2 Å². The van der Waals surface area contributed by atoms with Gasteiger partial charge in [-0.3, -0.25) is 0 Å². The molecule has 2 unspecified atom stereocenters. The minimum Gasteiger partial charge on any atom is -0.365 e. The molecule has 2 aliphatic heterocycles. The fourth-order valence-electron chi connectivity index (χ4n) is 4.03. The van der Waals surface area contributed by atoms with Crippen molar-refractivity contribution in [2.45, 2.75) is 37.8 Å². The maximum atomic E-state index is 13.2. The second-order valence-corrected chi connectivity index (χ2v) is 8.22. The second-order valence-electron chi connectivity index (χ2n) is 7.84. The lowest BCUT2D eigenvalue weighted by Gasteiger charge is -2.40. The molecule has 5 rings (SSSR count). The fourth-order valence-corrected chi connectivity index (χ4v) is 4.32. The number of hydrogen-bond donors (Lipinski definition) is 0. The molecule has 1 fully saturated rings. The van der Waals surface area contributed by atoms with E-state index in [1.54, 1.807) is 12.3 Å². The smallest absolute Gasteiger partial charge is 0.365 e. The molecule has 6 nitrogen and oxygen atoms in total. The summed E-state index contributed by atoms with van der Waals surface area (Å²) in [5.41, 5.74) is -0.434. The molecule has 11 heteroatoms. The molecule has 1 aromatic heterocycles. The van der Waals surface area contributed by atoms with Crippen molar-refractivity contribution < 1.29 is 17.6 Å². The van der Waals surface area contributed by atoms with Crippen LogP contribution in [-0.4, -0.2) is 32.4 Å². The first-order valence-electron chi connectivity index (χ1n) is 9.78. The summed E-state index contributed by atoms with van der Waals surface area (Å²) in [6.45, 7) is 0.792. The number of benzene rings is 1. The van der Waals surface area contributed by atoms with Crippen LogP contribution in [0.15, 0.2) is 52.8 Å². The van der Waals surface area contributed by atoms with Gasteiger partial charge in [0.1, 0.15) is 0 Å². The summed E-state index contributed by atoms with van der Waals surface area (Å²) in [5, 5.41) is 8.16. The van der Waals surface area contributed by atoms with Crippen molar-refractivity contribution in [1.82, 2.24) is 19.8 Å². The van der Waals surface area contributed by atoms with Gasteiger partial charge < -0.3 is 9.80 Å². The third kappa shape index (κ3) is 3.84. The summed E-state index contributed by atoms with van der Waals surface area (Å²) >= 11 is 6.12. The first-order valence-corrected chi connectivity index (χ1v) is 10.2. The predicted octanol–water partition coefficient (Wildman–Crippen LogP) is 5.15. The highest BCUT2D eigenvalue weighted by Gasteiger charge is 2.43. The molecule has 1 aromatic carbocycles. The highest BCUT2D eigenvalue weighted by Crippen LogP contribution is 2.44. The minimum absolute atomic E-state index is 0.0563. The van der Waals surface area contributed by atoms with Crippen molar-refractivity contribution >= 4 is 11.6 Å². The van der Waals surface area contributed by atoms with E-state index in [-0.39, 0.29) is 17.6 Å². The van der Waals surface area contributed by atoms with Crippen LogP contribution >= 0.6 is 11.6 Å². The van der Waals surface area contributed by atoms with Crippen molar-refractivity contribution in [2.75, 3.05) is 6.54 Å². The number of alkyl halides is 3. The monoisotopic (exact) mass is 452 g/mol. The van der Waals surface area contributed by atoms with Gasteiger partial charge in [0, 0.05) is 25.3 Å². The number of rotatable bonds is 4. The summed E-state index contributed by atoms with van der Waals surface area (Å²) in [5.74, 6) is 0.793. The van der Waals surface area contributed by atoms with E-state index >= 15 is 0 Å². The van der Waals surface area contributed by atoms with Gasteiger partial charge >= 0.3 is 6.18 Å². The lowest BCUT2D eigenvalue weighted by atomic mass is 10.0. The van der Waals surface area contributed by atoms with Crippen molar-refractivity contribution in [3.8, 4) is 0 Å². The largest absolute Gasteiger partial charge is 0.417 e. The lowest BCUT2D eigenvalue weighted by Crippen LogP contribution is -2.46. The van der Waals surface area contributed by atoms with Gasteiger partial charge in [0.25, 0.3) is 0 Å². The van der Waals surface area contributed by atoms with Crippen LogP contribution in [0.25, 0.3) is 0 Å². The summed E-state index contributed by atoms with van der Waals surface area (Å²) in [4.78, 5) is 12.0. The molecule has 0 radical (unpaired) electrons. The van der Waals surface area contributed by atoms with Gasteiger partial charge in [-0.15, -0.1) is 5.11 Å². The molecule has 2 atom stereocenters. The first kappa shape index (κ1) is 20.2. The predicted molar refractivity (Wildman–Crippen MR) is 103 cm³/mol. The number of aromatic nitrogens is 2. The van der Waals surface area contributed by atoms with E-state index in [1.165, 1.54) is 6.07 Å². The Morgan fingerprint density at radius 3 is 2.55 bits per heavy atom. The molecule has 2 aromatic rings. The minimum atomic E-state index is -4.51. The average Bonchev–Trinajstić information content (AvgIpc) is 3.49. The van der Waals surface area contributed by atoms with Crippen LogP contribution in [-0.2, 0) is 12.7 Å². The Bertz CT molecular complexity index is 1050. The van der Waals surface area contributed by atoms with Gasteiger partial charge in [-0.25, -0.2) is 14.4 Å². The Kier molecular flexibility index (Phi) is 4.84. The van der Waals surface area contributed by atoms with E-state index in [0.717, 1.165) is 31.3 Å². The topological polar surface area (TPSA) is 57.0 Å². The molecular weight excluding hydrogens is 436 g/mol. The van der Waals surface area contributed by atoms with Crippen molar-refractivity contribution in [3.05, 3.63) is 70.4 Å². The molecule has 31 heavy (non-hydrogen) atoms. The Labute approximate surface area is 180 Å². The van der Waals surface area contributed by atoms with Gasteiger partial charge in [-0.2, -0.15) is 18.3 Å². The zero-order valence-corrected chi connectivity index (χ0v) is 16.9. The number of halogens is 5. The number of hydrogen-bond acceptors (Lipinski definition) is 6. The SMILES string of the molecule is Fc1cnc(C2N=NC3=CN(Cc4cccc(C(F)(F)F)c4Cl)C(C4CC4)CN32)nc1. The molecular formula is C20H17ClF4N6. The number of azo groups is 1. The molecule has 0 saturated heterocycles. The maximum Gasteiger partial charge on any atom is 0.417 e. The molecule has 0 spiro atoms. The Balaban J connectivity index is 1.43. The fraction of sp³-hybridized carbons (Fsp3) is 0.400. The van der Waals surface area contributed by atoms with Crippen LogP contribution in [0.2, 0.25) is 5.02 Å². The third-order valence-electron chi connectivity index (χ3n) is 5.72. The average molecular weight is 453 g/mol. The zero-order chi connectivity index (χ0) is 21.8. The molecule has 162 valence electrons. The second kappa shape index (κ2) is 7.44. The lowest BCUT2D eigenvalue weighted by molar-refractivity contribution is -0.137. The van der Waals surface area contributed by atoms with Crippen LogP contribution in [0.4, 0.5) is 17.6 Å². The quantitative estimate of drug-likeness (QED) is 0.602. The summed E-state index contributed by atoms with van der Waals surface area (Å²) in [6.07, 6.45) is 1.000. The summed E-state index contributed by atoms with van der Waals surface area (Å²) in [6, 6.07) is 4.02. The molecule has 0 bridgehead atoms. The van der Waals surface area contributed by atoms with Crippen LogP contribution < -0.4 is 0 Å². The van der Waals surface area contributed by atoms with Crippen molar-refractivity contribution in [1.29, 1.82) is 0 Å². The Hall–Kier alpha value is -2.75. The van der Waals surface area contributed by atoms with Crippen LogP contribution in [0, 0.1) is 11.7 Å².